The summed E-state index contributed by atoms with van der Waals surface area (Å²) in [5.41, 5.74) is 0. The van der Waals surface area contributed by atoms with Crippen LogP contribution in [-0.2, 0) is 22.8 Å². The van der Waals surface area contributed by atoms with Gasteiger partial charge in [-0.15, -0.1) is 0 Å². The van der Waals surface area contributed by atoms with Gasteiger partial charge in [0, 0.05) is 32.5 Å². The molecule has 0 N–H and O–H groups in total. The highest BCUT2D eigenvalue weighted by Gasteiger charge is 2.38. The predicted octanol–water partition coefficient (Wildman–Crippen LogP) is 2.62. The quantitative estimate of drug-likeness (QED) is 0.280. The Morgan fingerprint density at radius 3 is 2.05 bits per heavy atom. The van der Waals surface area contributed by atoms with Crippen molar-refractivity contribution in [3.63, 3.8) is 0 Å². The van der Waals surface area contributed by atoms with E-state index in [1.165, 1.54) is 0 Å². The number of ether oxygens (including phenoxy) is 2. The Kier molecular flexibility index (Phi) is 9.67. The molecule has 1 unspecified atom stereocenters. The Morgan fingerprint density at radius 2 is 1.55 bits per heavy atom. The van der Waals surface area contributed by atoms with Gasteiger partial charge in [0.15, 0.2) is 0 Å². The lowest BCUT2D eigenvalue weighted by molar-refractivity contribution is 0.0475. The molecule has 0 bridgehead atoms. The van der Waals surface area contributed by atoms with E-state index in [1.807, 2.05) is 0 Å². The van der Waals surface area contributed by atoms with Crippen molar-refractivity contribution in [1.82, 2.24) is 0 Å². The molecular weight excluding hydrogens is 276 g/mol. The molecule has 6 heteroatoms. The van der Waals surface area contributed by atoms with Gasteiger partial charge in [0.1, 0.15) is 6.10 Å². The summed E-state index contributed by atoms with van der Waals surface area (Å²) in [7, 11) is -2.46. The van der Waals surface area contributed by atoms with Gasteiger partial charge in [0.2, 0.25) is 0 Å². The molecule has 0 aromatic heterocycles. The fourth-order valence-corrected chi connectivity index (χ4v) is 4.06. The number of hydrogen-bond acceptors (Lipinski definition) is 5. The highest BCUT2D eigenvalue weighted by atomic mass is 28.4. The van der Waals surface area contributed by atoms with Crippen molar-refractivity contribution in [2.24, 2.45) is 0 Å². The first-order valence-corrected chi connectivity index (χ1v) is 9.80. The van der Waals surface area contributed by atoms with Gasteiger partial charge < -0.3 is 22.8 Å². The number of epoxide rings is 1. The Hall–Kier alpha value is 0.0169. The van der Waals surface area contributed by atoms with Crippen molar-refractivity contribution in [3.8, 4) is 0 Å². The summed E-state index contributed by atoms with van der Waals surface area (Å²) in [6, 6.07) is 0.823. The zero-order valence-corrected chi connectivity index (χ0v) is 14.2. The maximum Gasteiger partial charge on any atom is 0.500 e. The third-order valence-electron chi connectivity index (χ3n) is 2.95. The van der Waals surface area contributed by atoms with Crippen molar-refractivity contribution in [2.75, 3.05) is 39.6 Å². The monoisotopic (exact) mass is 306 g/mol. The van der Waals surface area contributed by atoms with Gasteiger partial charge >= 0.3 is 8.80 Å². The maximum atomic E-state index is 5.99. The first kappa shape index (κ1) is 18.1. The van der Waals surface area contributed by atoms with Crippen LogP contribution < -0.4 is 0 Å². The molecular formula is C14H30O5Si. The van der Waals surface area contributed by atoms with Crippen molar-refractivity contribution < 1.29 is 22.8 Å². The van der Waals surface area contributed by atoms with E-state index in [4.69, 9.17) is 22.8 Å². The standard InChI is InChI=1S/C14H30O5Si/c1-4-8-17-20(6-3,18-9-5-2)19-11-7-10-15-12-14-13-16-14/h14H,4-13H2,1-3H3. The SMILES string of the molecule is CCCO[Si](CC)(OCCC)OCCCOCC1CO1. The number of rotatable bonds is 14. The summed E-state index contributed by atoms with van der Waals surface area (Å²) < 4.78 is 28.4. The third kappa shape index (κ3) is 7.71. The van der Waals surface area contributed by atoms with Crippen LogP contribution in [-0.4, -0.2) is 54.5 Å². The van der Waals surface area contributed by atoms with Crippen LogP contribution in [0.1, 0.15) is 40.0 Å². The third-order valence-corrected chi connectivity index (χ3v) is 5.74. The molecule has 1 fully saturated rings. The molecule has 0 aromatic carbocycles. The lowest BCUT2D eigenvalue weighted by Gasteiger charge is -2.28. The van der Waals surface area contributed by atoms with Gasteiger partial charge in [-0.05, 0) is 19.3 Å². The second-order valence-electron chi connectivity index (χ2n) is 4.97. The molecule has 1 aliphatic heterocycles. The molecule has 0 aliphatic carbocycles. The molecule has 0 amide bonds. The van der Waals surface area contributed by atoms with Crippen LogP contribution in [0.2, 0.25) is 6.04 Å². The average molecular weight is 306 g/mol. The smallest absolute Gasteiger partial charge is 0.379 e. The van der Waals surface area contributed by atoms with Gasteiger partial charge in [0.05, 0.1) is 13.2 Å². The minimum Gasteiger partial charge on any atom is -0.379 e. The molecule has 1 atom stereocenters. The lowest BCUT2D eigenvalue weighted by Crippen LogP contribution is -2.46. The van der Waals surface area contributed by atoms with Crippen LogP contribution in [0, 0.1) is 0 Å². The average Bonchev–Trinajstić information content (AvgIpc) is 3.29. The zero-order valence-electron chi connectivity index (χ0n) is 13.2. The highest BCUT2D eigenvalue weighted by Crippen LogP contribution is 2.17. The van der Waals surface area contributed by atoms with E-state index in [-0.39, 0.29) is 0 Å². The van der Waals surface area contributed by atoms with Crippen LogP contribution >= 0.6 is 0 Å². The van der Waals surface area contributed by atoms with Gasteiger partial charge in [-0.25, -0.2) is 0 Å². The topological polar surface area (TPSA) is 49.5 Å². The molecule has 0 radical (unpaired) electrons. The van der Waals surface area contributed by atoms with E-state index in [0.717, 1.165) is 31.9 Å². The number of hydrogen-bond donors (Lipinski definition) is 0. The molecule has 5 nitrogen and oxygen atoms in total. The molecule has 0 spiro atoms. The summed E-state index contributed by atoms with van der Waals surface area (Å²) in [4.78, 5) is 0. The van der Waals surface area contributed by atoms with Crippen LogP contribution in [0.25, 0.3) is 0 Å². The van der Waals surface area contributed by atoms with E-state index in [1.54, 1.807) is 0 Å². The Morgan fingerprint density at radius 1 is 0.950 bits per heavy atom. The highest BCUT2D eigenvalue weighted by molar-refractivity contribution is 6.60. The Labute approximate surface area is 124 Å². The van der Waals surface area contributed by atoms with Crippen LogP contribution in [0.5, 0.6) is 0 Å². The first-order chi connectivity index (χ1) is 9.76. The molecule has 120 valence electrons. The van der Waals surface area contributed by atoms with Gasteiger partial charge in [-0.3, -0.25) is 0 Å². The van der Waals surface area contributed by atoms with Crippen LogP contribution in [0.15, 0.2) is 0 Å². The van der Waals surface area contributed by atoms with Crippen molar-refractivity contribution >= 4 is 8.80 Å². The predicted molar refractivity (Wildman–Crippen MR) is 79.8 cm³/mol. The Balaban J connectivity index is 2.18. The minimum absolute atomic E-state index is 0.334. The lowest BCUT2D eigenvalue weighted by atomic mass is 10.5. The van der Waals surface area contributed by atoms with E-state index < -0.39 is 8.80 Å². The molecule has 0 saturated carbocycles. The van der Waals surface area contributed by atoms with Crippen molar-refractivity contribution in [3.05, 3.63) is 0 Å². The largest absolute Gasteiger partial charge is 0.500 e. The second kappa shape index (κ2) is 10.7. The summed E-state index contributed by atoms with van der Waals surface area (Å²) in [6.45, 7) is 10.6. The molecule has 1 rings (SSSR count). The molecule has 0 aromatic rings. The molecule has 1 aliphatic rings. The minimum atomic E-state index is -2.46. The fourth-order valence-electron chi connectivity index (χ4n) is 1.71. The summed E-state index contributed by atoms with van der Waals surface area (Å²) in [6.07, 6.45) is 3.17. The first-order valence-electron chi connectivity index (χ1n) is 7.87. The van der Waals surface area contributed by atoms with Gasteiger partial charge in [-0.2, -0.15) is 0 Å². The second-order valence-corrected chi connectivity index (χ2v) is 7.90. The van der Waals surface area contributed by atoms with E-state index in [2.05, 4.69) is 20.8 Å². The van der Waals surface area contributed by atoms with Crippen LogP contribution in [0.4, 0.5) is 0 Å². The fraction of sp³-hybridized carbons (Fsp3) is 1.00. The maximum absolute atomic E-state index is 5.99. The van der Waals surface area contributed by atoms with E-state index >= 15 is 0 Å². The normalized spacial score (nSPS) is 18.4. The van der Waals surface area contributed by atoms with Crippen LogP contribution in [0.3, 0.4) is 0 Å². The van der Waals surface area contributed by atoms with E-state index in [9.17, 15) is 0 Å². The van der Waals surface area contributed by atoms with Gasteiger partial charge in [0.25, 0.3) is 0 Å². The van der Waals surface area contributed by atoms with Crippen molar-refractivity contribution in [2.45, 2.75) is 52.2 Å². The molecule has 1 saturated heterocycles. The molecule has 1 heterocycles. The summed E-state index contributed by atoms with van der Waals surface area (Å²) >= 11 is 0. The zero-order chi connectivity index (χ0) is 14.7. The van der Waals surface area contributed by atoms with Gasteiger partial charge in [-0.1, -0.05) is 20.8 Å². The van der Waals surface area contributed by atoms with Crippen molar-refractivity contribution in [1.29, 1.82) is 0 Å². The summed E-state index contributed by atoms with van der Waals surface area (Å²) in [5.74, 6) is 0. The molecule has 20 heavy (non-hydrogen) atoms. The van der Waals surface area contributed by atoms with E-state index in [0.29, 0.717) is 39.1 Å². The summed E-state index contributed by atoms with van der Waals surface area (Å²) in [5, 5.41) is 0. The Bertz CT molecular complexity index is 228.